The van der Waals surface area contributed by atoms with E-state index in [-0.39, 0.29) is 17.7 Å². The average molecular weight is 332 g/mol. The van der Waals surface area contributed by atoms with E-state index in [1.165, 1.54) is 0 Å². The number of carbonyl (C=O) groups excluding carboxylic acids is 2. The number of likely N-dealkylation sites (tertiary alicyclic amines) is 1. The molecule has 2 amide bonds. The Kier molecular flexibility index (Phi) is 4.47. The normalized spacial score (nSPS) is 18.0. The number of carbonyl (C=O) groups is 2. The van der Waals surface area contributed by atoms with E-state index in [1.807, 2.05) is 24.6 Å². The van der Waals surface area contributed by atoms with Crippen molar-refractivity contribution < 1.29 is 9.59 Å². The van der Waals surface area contributed by atoms with Gasteiger partial charge in [-0.3, -0.25) is 9.59 Å². The van der Waals surface area contributed by atoms with Gasteiger partial charge in [0.1, 0.15) is 5.69 Å². The monoisotopic (exact) mass is 332 g/mol. The Morgan fingerprint density at radius 2 is 2.30 bits per heavy atom. The maximum absolute atomic E-state index is 12.7. The van der Waals surface area contributed by atoms with Gasteiger partial charge in [0.2, 0.25) is 5.91 Å². The van der Waals surface area contributed by atoms with Gasteiger partial charge in [0.15, 0.2) is 0 Å². The molecule has 2 aromatic rings. The van der Waals surface area contributed by atoms with Gasteiger partial charge in [-0.15, -0.1) is 11.3 Å². The van der Waals surface area contributed by atoms with Crippen LogP contribution in [0.25, 0.3) is 11.3 Å². The molecule has 122 valence electrons. The van der Waals surface area contributed by atoms with Gasteiger partial charge in [-0.05, 0) is 25.8 Å². The maximum atomic E-state index is 12.7. The summed E-state index contributed by atoms with van der Waals surface area (Å²) < 4.78 is 0. The zero-order valence-electron chi connectivity index (χ0n) is 13.3. The summed E-state index contributed by atoms with van der Waals surface area (Å²) in [6.45, 7) is 3.12. The highest BCUT2D eigenvalue weighted by molar-refractivity contribution is 7.09. The summed E-state index contributed by atoms with van der Waals surface area (Å²) in [7, 11) is 1.64. The summed E-state index contributed by atoms with van der Waals surface area (Å²) in [6, 6.07) is 1.83. The van der Waals surface area contributed by atoms with Crippen LogP contribution in [-0.4, -0.2) is 46.8 Å². The number of aromatic amines is 1. The second-order valence-electron chi connectivity index (χ2n) is 5.76. The average Bonchev–Trinajstić information content (AvgIpc) is 3.22. The number of nitrogens with one attached hydrogen (secondary N) is 2. The molecule has 0 bridgehead atoms. The summed E-state index contributed by atoms with van der Waals surface area (Å²) in [5.41, 5.74) is 2.34. The molecule has 1 aliphatic rings. The summed E-state index contributed by atoms with van der Waals surface area (Å²) in [6.07, 6.45) is 3.49. The topological polar surface area (TPSA) is 78.1 Å². The Hall–Kier alpha value is -2.15. The first-order valence-electron chi connectivity index (χ1n) is 7.70. The van der Waals surface area contributed by atoms with Gasteiger partial charge < -0.3 is 15.2 Å². The standard InChI is InChI=1S/C16H20N4O2S/c1-10-19-14(9-23-10)12-6-13(18-7-12)16(22)20-5-3-4-11(8-20)15(21)17-2/h6-7,9,11,18H,3-5,8H2,1-2H3,(H,17,21). The van der Waals surface area contributed by atoms with Crippen LogP contribution in [0.4, 0.5) is 0 Å². The molecular weight excluding hydrogens is 312 g/mol. The lowest BCUT2D eigenvalue weighted by molar-refractivity contribution is -0.125. The lowest BCUT2D eigenvalue weighted by Crippen LogP contribution is -2.44. The van der Waals surface area contributed by atoms with Crippen LogP contribution in [-0.2, 0) is 4.79 Å². The van der Waals surface area contributed by atoms with E-state index in [4.69, 9.17) is 0 Å². The predicted octanol–water partition coefficient (Wildman–Crippen LogP) is 2.04. The zero-order chi connectivity index (χ0) is 16.4. The Balaban J connectivity index is 1.73. The largest absolute Gasteiger partial charge is 0.359 e. The summed E-state index contributed by atoms with van der Waals surface area (Å²) in [4.78, 5) is 33.7. The second-order valence-corrected chi connectivity index (χ2v) is 6.82. The highest BCUT2D eigenvalue weighted by Gasteiger charge is 2.29. The quantitative estimate of drug-likeness (QED) is 0.903. The van der Waals surface area contributed by atoms with Crippen molar-refractivity contribution in [2.75, 3.05) is 20.1 Å². The van der Waals surface area contributed by atoms with E-state index >= 15 is 0 Å². The van der Waals surface area contributed by atoms with Crippen LogP contribution in [0.3, 0.4) is 0 Å². The molecule has 7 heteroatoms. The Morgan fingerprint density at radius 1 is 1.48 bits per heavy atom. The van der Waals surface area contributed by atoms with Crippen molar-refractivity contribution in [3.05, 3.63) is 28.3 Å². The Bertz CT molecular complexity index is 721. The van der Waals surface area contributed by atoms with Crippen molar-refractivity contribution in [2.24, 2.45) is 5.92 Å². The molecule has 2 N–H and O–H groups in total. The first-order valence-corrected chi connectivity index (χ1v) is 8.58. The van der Waals surface area contributed by atoms with Crippen molar-refractivity contribution in [3.63, 3.8) is 0 Å². The lowest BCUT2D eigenvalue weighted by Gasteiger charge is -2.31. The van der Waals surface area contributed by atoms with Crippen molar-refractivity contribution in [3.8, 4) is 11.3 Å². The predicted molar refractivity (Wildman–Crippen MR) is 89.3 cm³/mol. The third kappa shape index (κ3) is 3.29. The van der Waals surface area contributed by atoms with Gasteiger partial charge in [-0.25, -0.2) is 4.98 Å². The first-order chi connectivity index (χ1) is 11.1. The molecule has 1 saturated heterocycles. The fraction of sp³-hybridized carbons (Fsp3) is 0.438. The molecule has 2 aromatic heterocycles. The number of aromatic nitrogens is 2. The number of rotatable bonds is 3. The summed E-state index contributed by atoms with van der Waals surface area (Å²) in [5, 5.41) is 5.65. The molecule has 6 nitrogen and oxygen atoms in total. The molecule has 3 heterocycles. The van der Waals surface area contributed by atoms with Gasteiger partial charge in [0, 0.05) is 37.3 Å². The first kappa shape index (κ1) is 15.7. The van der Waals surface area contributed by atoms with E-state index in [9.17, 15) is 9.59 Å². The zero-order valence-corrected chi connectivity index (χ0v) is 14.1. The van der Waals surface area contributed by atoms with Gasteiger partial charge in [0.25, 0.3) is 5.91 Å². The van der Waals surface area contributed by atoms with Crippen LogP contribution in [0.5, 0.6) is 0 Å². The van der Waals surface area contributed by atoms with Crippen LogP contribution >= 0.6 is 11.3 Å². The van der Waals surface area contributed by atoms with Crippen LogP contribution in [0, 0.1) is 12.8 Å². The minimum absolute atomic E-state index is 0.00706. The molecule has 0 aliphatic carbocycles. The molecule has 0 saturated carbocycles. The number of piperidine rings is 1. The van der Waals surface area contributed by atoms with Gasteiger partial charge in [0.05, 0.1) is 16.6 Å². The number of aryl methyl sites for hydroxylation is 1. The van der Waals surface area contributed by atoms with Crippen molar-refractivity contribution in [2.45, 2.75) is 19.8 Å². The maximum Gasteiger partial charge on any atom is 0.270 e. The number of amides is 2. The van der Waals surface area contributed by atoms with Crippen LogP contribution in [0.1, 0.15) is 28.3 Å². The van der Waals surface area contributed by atoms with E-state index in [0.29, 0.717) is 18.8 Å². The molecular formula is C16H20N4O2S. The van der Waals surface area contributed by atoms with Crippen molar-refractivity contribution >= 4 is 23.2 Å². The van der Waals surface area contributed by atoms with E-state index in [1.54, 1.807) is 23.3 Å². The molecule has 23 heavy (non-hydrogen) atoms. The molecule has 1 atom stereocenters. The smallest absolute Gasteiger partial charge is 0.270 e. The Morgan fingerprint density at radius 3 is 3.00 bits per heavy atom. The summed E-state index contributed by atoms with van der Waals surface area (Å²) in [5.74, 6) is -0.169. The highest BCUT2D eigenvalue weighted by atomic mass is 32.1. The van der Waals surface area contributed by atoms with Crippen molar-refractivity contribution in [1.29, 1.82) is 0 Å². The number of hydrogen-bond donors (Lipinski definition) is 2. The fourth-order valence-electron chi connectivity index (χ4n) is 2.91. The number of thiazole rings is 1. The van der Waals surface area contributed by atoms with Gasteiger partial charge in [-0.1, -0.05) is 0 Å². The van der Waals surface area contributed by atoms with Crippen LogP contribution in [0.2, 0.25) is 0 Å². The molecule has 0 spiro atoms. The minimum atomic E-state index is -0.117. The third-order valence-corrected chi connectivity index (χ3v) is 4.93. The molecule has 0 radical (unpaired) electrons. The number of H-pyrrole nitrogens is 1. The van der Waals surface area contributed by atoms with Gasteiger partial charge >= 0.3 is 0 Å². The van der Waals surface area contributed by atoms with E-state index in [2.05, 4.69) is 15.3 Å². The van der Waals surface area contributed by atoms with E-state index < -0.39 is 0 Å². The van der Waals surface area contributed by atoms with Crippen LogP contribution in [0.15, 0.2) is 17.6 Å². The van der Waals surface area contributed by atoms with E-state index in [0.717, 1.165) is 29.1 Å². The fourth-order valence-corrected chi connectivity index (χ4v) is 3.53. The molecule has 1 fully saturated rings. The second kappa shape index (κ2) is 6.54. The van der Waals surface area contributed by atoms with Gasteiger partial charge in [-0.2, -0.15) is 0 Å². The summed E-state index contributed by atoms with van der Waals surface area (Å²) >= 11 is 1.59. The number of hydrogen-bond acceptors (Lipinski definition) is 4. The molecule has 3 rings (SSSR count). The van der Waals surface area contributed by atoms with Crippen LogP contribution < -0.4 is 5.32 Å². The number of nitrogens with zero attached hydrogens (tertiary/aromatic N) is 2. The third-order valence-electron chi connectivity index (χ3n) is 4.15. The molecule has 0 aromatic carbocycles. The highest BCUT2D eigenvalue weighted by Crippen LogP contribution is 2.24. The minimum Gasteiger partial charge on any atom is -0.359 e. The SMILES string of the molecule is CNC(=O)C1CCCN(C(=O)c2cc(-c3csc(C)n3)c[nH]2)C1. The molecule has 1 aliphatic heterocycles. The molecule has 1 unspecified atom stereocenters. The van der Waals surface area contributed by atoms with Crippen molar-refractivity contribution in [1.82, 2.24) is 20.2 Å². The Labute approximate surface area is 138 Å². The lowest BCUT2D eigenvalue weighted by atomic mass is 9.97.